The molecule has 2 aliphatic rings. The molecule has 2 nitrogen and oxygen atoms in total. The predicted molar refractivity (Wildman–Crippen MR) is 108 cm³/mol. The second-order valence-electron chi connectivity index (χ2n) is 8.37. The summed E-state index contributed by atoms with van der Waals surface area (Å²) in [6, 6.07) is 12.6. The first-order chi connectivity index (χ1) is 13.1. The van der Waals surface area contributed by atoms with Crippen LogP contribution in [0.4, 0.5) is 4.39 Å². The summed E-state index contributed by atoms with van der Waals surface area (Å²) in [6.07, 6.45) is 8.71. The van der Waals surface area contributed by atoms with Gasteiger partial charge in [0, 0.05) is 11.6 Å². The maximum absolute atomic E-state index is 14.2. The zero-order valence-corrected chi connectivity index (χ0v) is 16.2. The lowest BCUT2D eigenvalue weighted by molar-refractivity contribution is 0.391. The number of hydrogen-bond donors (Lipinski definition) is 1. The second-order valence-corrected chi connectivity index (χ2v) is 8.37. The molecule has 4 rings (SSSR count). The highest BCUT2D eigenvalue weighted by Crippen LogP contribution is 2.37. The second kappa shape index (κ2) is 8.02. The Kier molecular flexibility index (Phi) is 5.49. The molecule has 2 unspecified atom stereocenters. The quantitative estimate of drug-likeness (QED) is 0.791. The lowest BCUT2D eigenvalue weighted by Crippen LogP contribution is -2.16. The van der Waals surface area contributed by atoms with E-state index >= 15 is 0 Å². The van der Waals surface area contributed by atoms with Gasteiger partial charge in [-0.1, -0.05) is 24.3 Å². The minimum absolute atomic E-state index is 0.148. The molecule has 2 aromatic rings. The van der Waals surface area contributed by atoms with Crippen LogP contribution in [-0.4, -0.2) is 13.2 Å². The summed E-state index contributed by atoms with van der Waals surface area (Å²) >= 11 is 0. The zero-order valence-electron chi connectivity index (χ0n) is 16.2. The van der Waals surface area contributed by atoms with Crippen LogP contribution in [-0.2, 0) is 19.3 Å². The zero-order chi connectivity index (χ0) is 18.8. The fourth-order valence-corrected chi connectivity index (χ4v) is 4.99. The number of rotatable bonds is 5. The first-order valence-corrected chi connectivity index (χ1v) is 10.3. The molecular formula is C24H30FNO. The van der Waals surface area contributed by atoms with E-state index in [9.17, 15) is 4.39 Å². The van der Waals surface area contributed by atoms with Crippen LogP contribution < -0.4 is 10.5 Å². The molecule has 1 saturated carbocycles. The molecule has 27 heavy (non-hydrogen) atoms. The van der Waals surface area contributed by atoms with Crippen molar-refractivity contribution < 1.29 is 9.13 Å². The first-order valence-electron chi connectivity index (χ1n) is 10.3. The Morgan fingerprint density at radius 1 is 1.11 bits per heavy atom. The third-order valence-corrected chi connectivity index (χ3v) is 6.60. The monoisotopic (exact) mass is 367 g/mol. The van der Waals surface area contributed by atoms with Crippen molar-refractivity contribution in [2.45, 2.75) is 63.3 Å². The van der Waals surface area contributed by atoms with E-state index < -0.39 is 0 Å². The van der Waals surface area contributed by atoms with Gasteiger partial charge in [-0.15, -0.1) is 0 Å². The Morgan fingerprint density at radius 3 is 2.78 bits per heavy atom. The summed E-state index contributed by atoms with van der Waals surface area (Å²) in [5.41, 5.74) is 11.3. The van der Waals surface area contributed by atoms with E-state index in [4.69, 9.17) is 10.5 Å². The van der Waals surface area contributed by atoms with Gasteiger partial charge < -0.3 is 10.5 Å². The topological polar surface area (TPSA) is 35.2 Å². The number of nitrogens with two attached hydrogens (primary N) is 1. The van der Waals surface area contributed by atoms with Crippen molar-refractivity contribution >= 4 is 0 Å². The fourth-order valence-electron chi connectivity index (χ4n) is 4.99. The summed E-state index contributed by atoms with van der Waals surface area (Å²) in [6.45, 7) is 0. The SMILES string of the molecule is COc1cccc(F)c1CC[C@@H]1CCc2cc(C3CCC(N)C3)ccc2C1. The molecule has 0 spiro atoms. The van der Waals surface area contributed by atoms with Crippen molar-refractivity contribution in [2.24, 2.45) is 11.7 Å². The average molecular weight is 368 g/mol. The van der Waals surface area contributed by atoms with Gasteiger partial charge in [0.1, 0.15) is 11.6 Å². The van der Waals surface area contributed by atoms with Crippen LogP contribution in [0.3, 0.4) is 0 Å². The number of halogens is 1. The maximum atomic E-state index is 14.2. The molecule has 2 aromatic carbocycles. The molecule has 1 fully saturated rings. The Bertz CT molecular complexity index is 803. The van der Waals surface area contributed by atoms with Crippen LogP contribution in [0, 0.1) is 11.7 Å². The Morgan fingerprint density at radius 2 is 2.00 bits per heavy atom. The van der Waals surface area contributed by atoms with Crippen molar-refractivity contribution in [2.75, 3.05) is 7.11 Å². The highest BCUT2D eigenvalue weighted by Gasteiger charge is 2.25. The molecular weight excluding hydrogens is 337 g/mol. The fraction of sp³-hybridized carbons (Fsp3) is 0.500. The molecule has 0 bridgehead atoms. The highest BCUT2D eigenvalue weighted by atomic mass is 19.1. The summed E-state index contributed by atoms with van der Waals surface area (Å²) in [5, 5.41) is 0. The number of fused-ring (bicyclic) bond motifs is 1. The molecule has 2 N–H and O–H groups in total. The largest absolute Gasteiger partial charge is 0.496 e. The van der Waals surface area contributed by atoms with Crippen LogP contribution in [0.1, 0.15) is 60.3 Å². The van der Waals surface area contributed by atoms with Gasteiger partial charge in [-0.25, -0.2) is 4.39 Å². The molecule has 3 atom stereocenters. The van der Waals surface area contributed by atoms with Gasteiger partial charge in [0.15, 0.2) is 0 Å². The van der Waals surface area contributed by atoms with Crippen LogP contribution in [0.25, 0.3) is 0 Å². The lowest BCUT2D eigenvalue weighted by atomic mass is 9.79. The van der Waals surface area contributed by atoms with Crippen LogP contribution >= 0.6 is 0 Å². The molecule has 3 heteroatoms. The molecule has 0 amide bonds. The van der Waals surface area contributed by atoms with Gasteiger partial charge in [-0.3, -0.25) is 0 Å². The number of aryl methyl sites for hydroxylation is 1. The number of ether oxygens (including phenoxy) is 1. The van der Waals surface area contributed by atoms with E-state index in [0.717, 1.165) is 44.1 Å². The van der Waals surface area contributed by atoms with E-state index in [1.165, 1.54) is 35.6 Å². The Balaban J connectivity index is 1.40. The Labute approximate surface area is 161 Å². The molecule has 0 heterocycles. The Hall–Kier alpha value is -1.87. The number of benzene rings is 2. The number of methoxy groups -OCH3 is 1. The summed E-state index contributed by atoms with van der Waals surface area (Å²) < 4.78 is 19.5. The maximum Gasteiger partial charge on any atom is 0.130 e. The van der Waals surface area contributed by atoms with E-state index in [-0.39, 0.29) is 5.82 Å². The van der Waals surface area contributed by atoms with Gasteiger partial charge in [0.05, 0.1) is 7.11 Å². The molecule has 2 aliphatic carbocycles. The van der Waals surface area contributed by atoms with Crippen LogP contribution in [0.2, 0.25) is 0 Å². The smallest absolute Gasteiger partial charge is 0.130 e. The van der Waals surface area contributed by atoms with Crippen LogP contribution in [0.5, 0.6) is 5.75 Å². The standard InChI is InChI=1S/C24H30FNO/c1-27-24-4-2-3-23(25)22(24)12-6-16-5-7-18-14-19(9-8-17(18)13-16)20-10-11-21(26)15-20/h2-4,8-9,14,16,20-21H,5-7,10-13,15,26H2,1H3/t16-,20?,21?/m0/s1. The van der Waals surface area contributed by atoms with Gasteiger partial charge >= 0.3 is 0 Å². The molecule has 0 aromatic heterocycles. The third kappa shape index (κ3) is 4.03. The van der Waals surface area contributed by atoms with Crippen molar-refractivity contribution in [1.82, 2.24) is 0 Å². The summed E-state index contributed by atoms with van der Waals surface area (Å²) in [4.78, 5) is 0. The minimum atomic E-state index is -0.148. The van der Waals surface area contributed by atoms with Gasteiger partial charge in [-0.05, 0) is 92.0 Å². The highest BCUT2D eigenvalue weighted by molar-refractivity contribution is 5.37. The third-order valence-electron chi connectivity index (χ3n) is 6.60. The average Bonchev–Trinajstić information content (AvgIpc) is 3.12. The predicted octanol–water partition coefficient (Wildman–Crippen LogP) is 5.17. The lowest BCUT2D eigenvalue weighted by Gasteiger charge is -2.26. The number of hydrogen-bond acceptors (Lipinski definition) is 2. The minimum Gasteiger partial charge on any atom is -0.496 e. The molecule has 0 aliphatic heterocycles. The van der Waals surface area contributed by atoms with E-state index in [1.807, 2.05) is 6.07 Å². The van der Waals surface area contributed by atoms with Crippen molar-refractivity contribution in [3.63, 3.8) is 0 Å². The molecule has 144 valence electrons. The van der Waals surface area contributed by atoms with E-state index in [0.29, 0.717) is 23.6 Å². The van der Waals surface area contributed by atoms with Crippen molar-refractivity contribution in [3.8, 4) is 5.75 Å². The van der Waals surface area contributed by atoms with Crippen molar-refractivity contribution in [3.05, 3.63) is 64.5 Å². The molecule has 0 radical (unpaired) electrons. The van der Waals surface area contributed by atoms with Crippen molar-refractivity contribution in [1.29, 1.82) is 0 Å². The molecule has 0 saturated heterocycles. The van der Waals surface area contributed by atoms with Gasteiger partial charge in [0.25, 0.3) is 0 Å². The summed E-state index contributed by atoms with van der Waals surface area (Å²) in [5.74, 6) is 1.79. The van der Waals surface area contributed by atoms with E-state index in [2.05, 4.69) is 18.2 Å². The van der Waals surface area contributed by atoms with E-state index in [1.54, 1.807) is 13.2 Å². The normalized spacial score (nSPS) is 24.6. The van der Waals surface area contributed by atoms with Gasteiger partial charge in [-0.2, -0.15) is 0 Å². The first kappa shape index (κ1) is 18.5. The van der Waals surface area contributed by atoms with Gasteiger partial charge in [0.2, 0.25) is 0 Å². The summed E-state index contributed by atoms with van der Waals surface area (Å²) in [7, 11) is 1.62. The van der Waals surface area contributed by atoms with Crippen LogP contribution in [0.15, 0.2) is 36.4 Å².